The Kier molecular flexibility index (Phi) is 9.74. The number of fused-ring (bicyclic) bond motifs is 3. The quantitative estimate of drug-likeness (QED) is 0.135. The van der Waals surface area contributed by atoms with E-state index in [4.69, 9.17) is 30.7 Å². The van der Waals surface area contributed by atoms with E-state index >= 15 is 8.78 Å². The number of imidazole rings is 1. The molecule has 0 radical (unpaired) electrons. The molecule has 18 heteroatoms. The van der Waals surface area contributed by atoms with Crippen LogP contribution in [-0.4, -0.2) is 73.6 Å². The lowest BCUT2D eigenvalue weighted by Gasteiger charge is -2.35. The van der Waals surface area contributed by atoms with Gasteiger partial charge in [0.05, 0.1) is 64.0 Å². The summed E-state index contributed by atoms with van der Waals surface area (Å²) in [5.41, 5.74) is 6.06. The highest BCUT2D eigenvalue weighted by molar-refractivity contribution is 6.31. The van der Waals surface area contributed by atoms with Crippen molar-refractivity contribution in [2.75, 3.05) is 19.9 Å². The molecule has 4 aliphatic rings. The molecule has 67 heavy (non-hydrogen) atoms. The third-order valence-corrected chi connectivity index (χ3v) is 15.1. The van der Waals surface area contributed by atoms with Crippen LogP contribution < -0.4 is 11.4 Å². The van der Waals surface area contributed by atoms with Crippen molar-refractivity contribution in [3.8, 4) is 17.2 Å². The highest BCUT2D eigenvalue weighted by Gasteiger charge is 2.53. The monoisotopic (exact) mass is 930 g/mol. The van der Waals surface area contributed by atoms with E-state index in [1.807, 2.05) is 10.5 Å². The van der Waals surface area contributed by atoms with Crippen LogP contribution in [0, 0.1) is 11.6 Å². The largest absolute Gasteiger partial charge is 0.438 e. The molecule has 0 spiro atoms. The van der Waals surface area contributed by atoms with Crippen molar-refractivity contribution in [2.24, 2.45) is 7.05 Å². The number of aryl methyl sites for hydroxylation is 1. The van der Waals surface area contributed by atoms with Gasteiger partial charge in [0.2, 0.25) is 0 Å². The molecule has 1 saturated heterocycles. The molecule has 0 bridgehead atoms. The first-order chi connectivity index (χ1) is 32.3. The predicted molar refractivity (Wildman–Crippen MR) is 245 cm³/mol. The topological polar surface area (TPSA) is 148 Å². The second-order valence-electron chi connectivity index (χ2n) is 19.4. The molecule has 8 heterocycles. The van der Waals surface area contributed by atoms with Crippen LogP contribution in [0.2, 0.25) is 5.15 Å². The maximum Gasteiger partial charge on any atom is 0.438 e. The molecule has 0 unspecified atom stereocenters. The van der Waals surface area contributed by atoms with Crippen LogP contribution in [0.25, 0.3) is 33.6 Å². The van der Waals surface area contributed by atoms with Gasteiger partial charge in [-0.25, -0.2) is 23.1 Å². The van der Waals surface area contributed by atoms with Gasteiger partial charge in [0.25, 0.3) is 0 Å². The Morgan fingerprint density at radius 2 is 1.81 bits per heavy atom. The van der Waals surface area contributed by atoms with Crippen LogP contribution in [-0.2, 0) is 35.0 Å². The number of aromatic nitrogens is 9. The van der Waals surface area contributed by atoms with E-state index in [0.717, 1.165) is 66.4 Å². The van der Waals surface area contributed by atoms with Gasteiger partial charge in [-0.1, -0.05) is 22.8 Å². The Morgan fingerprint density at radius 1 is 1.00 bits per heavy atom. The molecule has 0 amide bonds. The maximum absolute atomic E-state index is 16.1. The lowest BCUT2D eigenvalue weighted by molar-refractivity contribution is -0.0593. The Labute approximate surface area is 387 Å². The molecule has 1 N–H and O–H groups in total. The van der Waals surface area contributed by atoms with Crippen LogP contribution in [0.5, 0.6) is 0 Å². The van der Waals surface area contributed by atoms with E-state index in [-0.39, 0.29) is 42.4 Å². The highest BCUT2D eigenvalue weighted by Crippen LogP contribution is 2.56. The normalized spacial score (nSPS) is 20.3. The second kappa shape index (κ2) is 15.4. The molecule has 2 aliphatic heterocycles. The molecule has 2 atom stereocenters. The van der Waals surface area contributed by atoms with Crippen molar-refractivity contribution in [1.29, 1.82) is 0 Å². The Hall–Kier alpha value is -6.14. The number of pyridine rings is 1. The number of nitrogens with one attached hydrogen (secondary N) is 1. The lowest BCUT2D eigenvalue weighted by atomic mass is 9.84. The summed E-state index contributed by atoms with van der Waals surface area (Å²) in [6.45, 7) is 7.96. The standard InChI is InChI=1S/C49H49ClF2N10O5/c1-27-40-36(55-62(31-8-9-35(51)32(21-31)28-5-6-28)44(40)60-19-18-59(47(60)64)39-12-11-37-33(42(39)52)23-53-57(37)4)13-17-58(27)26-65-25-34-41(49(15-16-49)45-54-46(63)67-56-45)38-10-7-30(24-61(38)43(34)50)29-14-20-66-48(2,3)22-29/h7-12,18-19,21,23-24,27-29H,5-6,13-17,20,22,25-26H2,1-4H3,(H,54,56,63)/t27-,29-/m0/s1. The van der Waals surface area contributed by atoms with Gasteiger partial charge < -0.3 is 13.9 Å². The average molecular weight is 931 g/mol. The van der Waals surface area contributed by atoms with E-state index in [0.29, 0.717) is 64.4 Å². The van der Waals surface area contributed by atoms with Gasteiger partial charge in [-0.05, 0) is 124 Å². The summed E-state index contributed by atoms with van der Waals surface area (Å²) in [7, 11) is 1.74. The molecule has 2 aliphatic carbocycles. The summed E-state index contributed by atoms with van der Waals surface area (Å²) in [6, 6.07) is 12.3. The number of ether oxygens (including phenoxy) is 2. The van der Waals surface area contributed by atoms with Crippen molar-refractivity contribution < 1.29 is 22.8 Å². The Morgan fingerprint density at radius 3 is 2.57 bits per heavy atom. The first-order valence-electron chi connectivity index (χ1n) is 23.0. The third kappa shape index (κ3) is 6.86. The first kappa shape index (κ1) is 42.2. The minimum atomic E-state index is -0.612. The van der Waals surface area contributed by atoms with E-state index in [1.165, 1.54) is 27.0 Å². The smallest absolute Gasteiger partial charge is 0.376 e. The molecular weight excluding hydrogens is 882 g/mol. The fourth-order valence-electron chi connectivity index (χ4n) is 10.9. The zero-order valence-corrected chi connectivity index (χ0v) is 38.3. The average Bonchev–Trinajstić information content (AvgIpc) is 4.09. The van der Waals surface area contributed by atoms with Gasteiger partial charge in [-0.2, -0.15) is 10.2 Å². The molecule has 15 nitrogen and oxygen atoms in total. The van der Waals surface area contributed by atoms with Crippen LogP contribution in [0.15, 0.2) is 81.4 Å². The number of aromatic amines is 1. The molecule has 6 aromatic heterocycles. The number of nitrogens with zero attached hydrogens (tertiary/aromatic N) is 9. The van der Waals surface area contributed by atoms with Crippen molar-refractivity contribution in [1.82, 2.24) is 48.1 Å². The lowest BCUT2D eigenvalue weighted by Crippen LogP contribution is -2.36. The van der Waals surface area contributed by atoms with E-state index < -0.39 is 22.7 Å². The van der Waals surface area contributed by atoms with Gasteiger partial charge in [-0.3, -0.25) is 28.2 Å². The molecular formula is C49H49ClF2N10O5. The number of halogens is 3. The molecule has 12 rings (SSSR count). The van der Waals surface area contributed by atoms with E-state index in [2.05, 4.69) is 59.2 Å². The fraction of sp³-hybridized carbons (Fsp3) is 0.408. The van der Waals surface area contributed by atoms with Crippen molar-refractivity contribution in [2.45, 2.75) is 101 Å². The summed E-state index contributed by atoms with van der Waals surface area (Å²) in [4.78, 5) is 31.9. The number of benzene rings is 2. The van der Waals surface area contributed by atoms with Gasteiger partial charge >= 0.3 is 11.4 Å². The number of hydrogen-bond acceptors (Lipinski definition) is 9. The number of rotatable bonds is 11. The molecule has 346 valence electrons. The van der Waals surface area contributed by atoms with Gasteiger partial charge in [-0.15, -0.1) is 0 Å². The van der Waals surface area contributed by atoms with Gasteiger partial charge in [0, 0.05) is 62.4 Å². The molecule has 8 aromatic rings. The van der Waals surface area contributed by atoms with E-state index in [1.54, 1.807) is 47.0 Å². The van der Waals surface area contributed by atoms with Crippen LogP contribution >= 0.6 is 11.6 Å². The van der Waals surface area contributed by atoms with Gasteiger partial charge in [0.15, 0.2) is 11.6 Å². The van der Waals surface area contributed by atoms with Crippen LogP contribution in [0.1, 0.15) is 117 Å². The Bertz CT molecular complexity index is 3400. The minimum Gasteiger partial charge on any atom is -0.376 e. The summed E-state index contributed by atoms with van der Waals surface area (Å²) in [5.74, 6) is -0.0552. The van der Waals surface area contributed by atoms with Crippen molar-refractivity contribution >= 4 is 28.0 Å². The summed E-state index contributed by atoms with van der Waals surface area (Å²) < 4.78 is 57.1. The minimum absolute atomic E-state index is 0.0908. The first-order valence-corrected chi connectivity index (χ1v) is 23.4. The predicted octanol–water partition coefficient (Wildman–Crippen LogP) is 8.28. The summed E-state index contributed by atoms with van der Waals surface area (Å²) >= 11 is 7.40. The zero-order valence-electron chi connectivity index (χ0n) is 37.6. The molecule has 2 aromatic carbocycles. The second-order valence-corrected chi connectivity index (χ2v) is 19.8. The SMILES string of the molecule is C[C@H]1c2c(nn(-c3ccc(F)c(C4CC4)c3)c2-n2ccn(-c3ccc4c(cnn4C)c3F)c2=O)CCN1COCc1c(C2(c3noc(=O)[nH]3)CC2)c2ccc([C@H]3CCOC(C)(C)C3)cn2c1Cl. The Balaban J connectivity index is 0.898. The summed E-state index contributed by atoms with van der Waals surface area (Å²) in [6.07, 6.45) is 12.4. The molecule has 3 fully saturated rings. The number of hydrogen-bond donors (Lipinski definition) is 1. The fourth-order valence-corrected chi connectivity index (χ4v) is 11.2. The van der Waals surface area contributed by atoms with Crippen molar-refractivity contribution in [3.05, 3.63) is 144 Å². The number of H-pyrrole nitrogens is 1. The van der Waals surface area contributed by atoms with E-state index in [9.17, 15) is 9.59 Å². The highest BCUT2D eigenvalue weighted by atomic mass is 35.5. The third-order valence-electron chi connectivity index (χ3n) is 14.7. The van der Waals surface area contributed by atoms with Crippen molar-refractivity contribution in [3.63, 3.8) is 0 Å². The van der Waals surface area contributed by atoms with Gasteiger partial charge in [0.1, 0.15) is 16.8 Å². The zero-order chi connectivity index (χ0) is 46.1. The van der Waals surface area contributed by atoms with Crippen LogP contribution in [0.3, 0.4) is 0 Å². The molecule has 2 saturated carbocycles. The summed E-state index contributed by atoms with van der Waals surface area (Å²) in [5, 5.41) is 14.3. The van der Waals surface area contributed by atoms with Crippen LogP contribution in [0.4, 0.5) is 8.78 Å². The maximum atomic E-state index is 16.1.